The van der Waals surface area contributed by atoms with Crippen LogP contribution >= 0.6 is 0 Å². The van der Waals surface area contributed by atoms with Crippen LogP contribution < -0.4 is 20.6 Å². The van der Waals surface area contributed by atoms with Gasteiger partial charge < -0.3 is 20.6 Å². The van der Waals surface area contributed by atoms with E-state index in [0.29, 0.717) is 17.9 Å². The van der Waals surface area contributed by atoms with E-state index in [1.54, 1.807) is 25.3 Å². The van der Waals surface area contributed by atoms with E-state index in [1.165, 1.54) is 6.21 Å². The number of amides is 1. The van der Waals surface area contributed by atoms with Crippen LogP contribution in [0.3, 0.4) is 0 Å². The largest absolute Gasteiger partial charge is 0.497 e. The zero-order valence-corrected chi connectivity index (χ0v) is 15.5. The first kappa shape index (κ1) is 19.0. The van der Waals surface area contributed by atoms with Crippen molar-refractivity contribution in [2.24, 2.45) is 10.9 Å². The minimum absolute atomic E-state index is 0.218. The molecule has 0 fully saturated rings. The molecule has 0 heterocycles. The lowest BCUT2D eigenvalue weighted by atomic mass is 10.1. The maximum atomic E-state index is 12.6. The van der Waals surface area contributed by atoms with Crippen LogP contribution in [0.25, 0.3) is 0 Å². The third kappa shape index (κ3) is 4.88. The Morgan fingerprint density at radius 2 is 1.79 bits per heavy atom. The van der Waals surface area contributed by atoms with Gasteiger partial charge in [0, 0.05) is 16.8 Å². The first-order chi connectivity index (χ1) is 13.7. The van der Waals surface area contributed by atoms with Crippen molar-refractivity contribution in [2.75, 3.05) is 12.4 Å². The Morgan fingerprint density at radius 3 is 2.54 bits per heavy atom. The normalized spacial score (nSPS) is 10.6. The number of ether oxygens (including phenoxy) is 2. The molecule has 0 spiro atoms. The van der Waals surface area contributed by atoms with Crippen LogP contribution in [0.4, 0.5) is 5.69 Å². The predicted molar refractivity (Wildman–Crippen MR) is 110 cm³/mol. The van der Waals surface area contributed by atoms with Gasteiger partial charge in [0.2, 0.25) is 0 Å². The smallest absolute Gasteiger partial charge is 0.255 e. The number of hydrogen-bond acceptors (Lipinski definition) is 5. The number of methoxy groups -OCH3 is 1. The standard InChI is InChI=1S/C22H21N3O3/c1-27-19-9-11-20(12-10-19)28-15-18-6-2-3-8-21(18)25-22(26)17-7-4-5-16(13-17)14-24-23/h2-14H,15,23H2,1H3,(H,25,26). The molecule has 6 heteroatoms. The summed E-state index contributed by atoms with van der Waals surface area (Å²) in [6.45, 7) is 0.322. The van der Waals surface area contributed by atoms with E-state index < -0.39 is 0 Å². The van der Waals surface area contributed by atoms with Gasteiger partial charge in [0.25, 0.3) is 5.91 Å². The first-order valence-corrected chi connectivity index (χ1v) is 8.69. The monoisotopic (exact) mass is 375 g/mol. The van der Waals surface area contributed by atoms with Crippen LogP contribution in [-0.2, 0) is 6.61 Å². The zero-order valence-electron chi connectivity index (χ0n) is 15.5. The van der Waals surface area contributed by atoms with Crippen LogP contribution in [0.1, 0.15) is 21.5 Å². The molecule has 0 saturated carbocycles. The second-order valence-corrected chi connectivity index (χ2v) is 5.98. The number of hydrazone groups is 1. The summed E-state index contributed by atoms with van der Waals surface area (Å²) in [5.74, 6) is 6.44. The van der Waals surface area contributed by atoms with Crippen molar-refractivity contribution in [1.82, 2.24) is 0 Å². The van der Waals surface area contributed by atoms with Gasteiger partial charge in [0.15, 0.2) is 0 Å². The number of anilines is 1. The number of nitrogens with one attached hydrogen (secondary N) is 1. The Morgan fingerprint density at radius 1 is 1.04 bits per heavy atom. The number of rotatable bonds is 7. The molecular weight excluding hydrogens is 354 g/mol. The molecule has 0 radical (unpaired) electrons. The van der Waals surface area contributed by atoms with E-state index >= 15 is 0 Å². The highest BCUT2D eigenvalue weighted by Crippen LogP contribution is 2.21. The lowest BCUT2D eigenvalue weighted by Gasteiger charge is -2.13. The Bertz CT molecular complexity index is 969. The van der Waals surface area contributed by atoms with Gasteiger partial charge in [-0.3, -0.25) is 4.79 Å². The number of nitrogens with two attached hydrogens (primary N) is 1. The van der Waals surface area contributed by atoms with E-state index in [-0.39, 0.29) is 5.91 Å². The molecule has 0 bridgehead atoms. The van der Waals surface area contributed by atoms with Gasteiger partial charge in [-0.05, 0) is 48.0 Å². The molecule has 0 saturated heterocycles. The summed E-state index contributed by atoms with van der Waals surface area (Å²) < 4.78 is 11.0. The van der Waals surface area contributed by atoms with Crippen LogP contribution in [0.2, 0.25) is 0 Å². The number of carbonyl (C=O) groups is 1. The van der Waals surface area contributed by atoms with Gasteiger partial charge >= 0.3 is 0 Å². The molecule has 142 valence electrons. The molecule has 3 rings (SSSR count). The van der Waals surface area contributed by atoms with Gasteiger partial charge in [-0.25, -0.2) is 0 Å². The second kappa shape index (κ2) is 9.23. The average Bonchev–Trinajstić information content (AvgIpc) is 2.74. The van der Waals surface area contributed by atoms with E-state index in [1.807, 2.05) is 54.6 Å². The van der Waals surface area contributed by atoms with Gasteiger partial charge in [-0.2, -0.15) is 5.10 Å². The van der Waals surface area contributed by atoms with Gasteiger partial charge in [0.05, 0.1) is 13.3 Å². The Hall–Kier alpha value is -3.80. The van der Waals surface area contributed by atoms with Crippen LogP contribution in [0.5, 0.6) is 11.5 Å². The summed E-state index contributed by atoms with van der Waals surface area (Å²) in [7, 11) is 1.62. The Kier molecular flexibility index (Phi) is 6.25. The maximum absolute atomic E-state index is 12.6. The van der Waals surface area contributed by atoms with E-state index in [4.69, 9.17) is 15.3 Å². The number of hydrogen-bond donors (Lipinski definition) is 2. The highest BCUT2D eigenvalue weighted by molar-refractivity contribution is 6.05. The van der Waals surface area contributed by atoms with Crippen molar-refractivity contribution >= 4 is 17.8 Å². The van der Waals surface area contributed by atoms with Gasteiger partial charge in [-0.15, -0.1) is 0 Å². The van der Waals surface area contributed by atoms with Crippen molar-refractivity contribution in [3.63, 3.8) is 0 Å². The number of para-hydroxylation sites is 1. The molecule has 0 atom stereocenters. The fraction of sp³-hybridized carbons (Fsp3) is 0.0909. The summed E-state index contributed by atoms with van der Waals surface area (Å²) >= 11 is 0. The molecule has 28 heavy (non-hydrogen) atoms. The molecule has 6 nitrogen and oxygen atoms in total. The summed E-state index contributed by atoms with van der Waals surface area (Å²) in [6, 6.07) is 21.9. The molecule has 0 aliphatic rings. The topological polar surface area (TPSA) is 85.9 Å². The molecule has 0 aromatic heterocycles. The highest BCUT2D eigenvalue weighted by atomic mass is 16.5. The minimum Gasteiger partial charge on any atom is -0.497 e. The number of carbonyl (C=O) groups excluding carboxylic acids is 1. The molecule has 0 aliphatic heterocycles. The summed E-state index contributed by atoms with van der Waals surface area (Å²) in [5, 5.41) is 6.42. The van der Waals surface area contributed by atoms with Crippen molar-refractivity contribution in [2.45, 2.75) is 6.61 Å². The van der Waals surface area contributed by atoms with E-state index in [2.05, 4.69) is 10.4 Å². The highest BCUT2D eigenvalue weighted by Gasteiger charge is 2.10. The van der Waals surface area contributed by atoms with Crippen molar-refractivity contribution in [1.29, 1.82) is 0 Å². The predicted octanol–water partition coefficient (Wildman–Crippen LogP) is 3.82. The van der Waals surface area contributed by atoms with Gasteiger partial charge in [-0.1, -0.05) is 30.3 Å². The maximum Gasteiger partial charge on any atom is 0.255 e. The van der Waals surface area contributed by atoms with Crippen molar-refractivity contribution in [3.8, 4) is 11.5 Å². The molecule has 3 aromatic rings. The molecule has 0 unspecified atom stereocenters. The second-order valence-electron chi connectivity index (χ2n) is 5.98. The third-order valence-electron chi connectivity index (χ3n) is 4.09. The van der Waals surface area contributed by atoms with E-state index in [9.17, 15) is 4.79 Å². The SMILES string of the molecule is COc1ccc(OCc2ccccc2NC(=O)c2cccc(C=NN)c2)cc1. The van der Waals surface area contributed by atoms with Crippen LogP contribution in [0, 0.1) is 0 Å². The minimum atomic E-state index is -0.218. The fourth-order valence-corrected chi connectivity index (χ4v) is 2.64. The lowest BCUT2D eigenvalue weighted by Crippen LogP contribution is -2.14. The summed E-state index contributed by atoms with van der Waals surface area (Å²) in [4.78, 5) is 12.6. The first-order valence-electron chi connectivity index (χ1n) is 8.69. The van der Waals surface area contributed by atoms with Crippen LogP contribution in [0.15, 0.2) is 77.9 Å². The fourth-order valence-electron chi connectivity index (χ4n) is 2.64. The Labute approximate surface area is 163 Å². The lowest BCUT2D eigenvalue weighted by molar-refractivity contribution is 0.102. The molecule has 3 aromatic carbocycles. The molecule has 3 N–H and O–H groups in total. The summed E-state index contributed by atoms with van der Waals surface area (Å²) in [6.07, 6.45) is 1.49. The van der Waals surface area contributed by atoms with Gasteiger partial charge in [0.1, 0.15) is 18.1 Å². The quantitative estimate of drug-likeness (QED) is 0.373. The molecule has 1 amide bonds. The van der Waals surface area contributed by atoms with Crippen molar-refractivity contribution in [3.05, 3.63) is 89.5 Å². The molecular formula is C22H21N3O3. The van der Waals surface area contributed by atoms with E-state index in [0.717, 1.165) is 22.6 Å². The third-order valence-corrected chi connectivity index (χ3v) is 4.09. The van der Waals surface area contributed by atoms with Crippen molar-refractivity contribution < 1.29 is 14.3 Å². The number of benzene rings is 3. The Balaban J connectivity index is 1.71. The molecule has 0 aliphatic carbocycles. The summed E-state index contributed by atoms with van der Waals surface area (Å²) in [5.41, 5.74) is 2.83. The number of nitrogens with zero attached hydrogens (tertiary/aromatic N) is 1. The average molecular weight is 375 g/mol. The zero-order chi connectivity index (χ0) is 19.8. The van der Waals surface area contributed by atoms with Crippen LogP contribution in [-0.4, -0.2) is 19.2 Å².